The van der Waals surface area contributed by atoms with Crippen LogP contribution in [-0.2, 0) is 18.6 Å². The summed E-state index contributed by atoms with van der Waals surface area (Å²) in [4.78, 5) is 13.0. The Bertz CT molecular complexity index is 818. The molecule has 2 fully saturated rings. The smallest absolute Gasteiger partial charge is 0.338 e. The lowest BCUT2D eigenvalue weighted by molar-refractivity contribution is -0.268. The highest BCUT2D eigenvalue weighted by Gasteiger charge is 2.47. The monoisotopic (exact) mass is 504 g/mol. The number of esters is 1. The number of hydrogen-bond donors (Lipinski definition) is 0. The topological polar surface area (TPSA) is 54.0 Å². The largest absolute Gasteiger partial charge is 0.453 e. The van der Waals surface area contributed by atoms with Gasteiger partial charge in [0, 0.05) is 6.42 Å². The fourth-order valence-corrected chi connectivity index (χ4v) is 6.50. The third-order valence-corrected chi connectivity index (χ3v) is 12.9. The van der Waals surface area contributed by atoms with Crippen molar-refractivity contribution in [1.82, 2.24) is 0 Å². The van der Waals surface area contributed by atoms with E-state index in [9.17, 15) is 4.79 Å². The van der Waals surface area contributed by atoms with Crippen LogP contribution in [0.25, 0.3) is 0 Å². The van der Waals surface area contributed by atoms with Crippen molar-refractivity contribution in [2.24, 2.45) is 17.8 Å². The van der Waals surface area contributed by atoms with Gasteiger partial charge in [0.2, 0.25) is 0 Å². The average Bonchev–Trinajstić information content (AvgIpc) is 2.75. The highest BCUT2D eigenvalue weighted by atomic mass is 28.4. The van der Waals surface area contributed by atoms with Crippen LogP contribution in [0, 0.1) is 17.8 Å². The summed E-state index contributed by atoms with van der Waals surface area (Å²) in [6, 6.07) is 9.15. The highest BCUT2D eigenvalue weighted by molar-refractivity contribution is 6.74. The van der Waals surface area contributed by atoms with Gasteiger partial charge < -0.3 is 18.6 Å². The first kappa shape index (κ1) is 28.4. The van der Waals surface area contributed by atoms with Gasteiger partial charge in [0.05, 0.1) is 23.9 Å². The molecule has 198 valence electrons. The zero-order valence-electron chi connectivity index (χ0n) is 23.4. The van der Waals surface area contributed by atoms with Crippen molar-refractivity contribution in [1.29, 1.82) is 0 Å². The number of rotatable bonds is 7. The van der Waals surface area contributed by atoms with Crippen LogP contribution in [-0.4, -0.2) is 45.0 Å². The third kappa shape index (κ3) is 7.18. The molecule has 1 saturated carbocycles. The van der Waals surface area contributed by atoms with E-state index in [4.69, 9.17) is 18.6 Å². The minimum atomic E-state index is -2.12. The van der Waals surface area contributed by atoms with Crippen LogP contribution >= 0.6 is 0 Å². The first-order valence-electron chi connectivity index (χ1n) is 13.5. The predicted molar refractivity (Wildman–Crippen MR) is 143 cm³/mol. The summed E-state index contributed by atoms with van der Waals surface area (Å²) in [6.07, 6.45) is 2.85. The number of hydrogen-bond acceptors (Lipinski definition) is 5. The zero-order chi connectivity index (χ0) is 26.0. The first-order valence-corrected chi connectivity index (χ1v) is 16.4. The Hall–Kier alpha value is -1.21. The van der Waals surface area contributed by atoms with Gasteiger partial charge in [-0.15, -0.1) is 0 Å². The van der Waals surface area contributed by atoms with Crippen molar-refractivity contribution < 1.29 is 23.4 Å². The fraction of sp³-hybridized carbons (Fsp3) is 0.759. The molecule has 0 unspecified atom stereocenters. The fourth-order valence-electron chi connectivity index (χ4n) is 5.16. The molecule has 1 aromatic rings. The summed E-state index contributed by atoms with van der Waals surface area (Å²) in [7, 11) is -2.12. The summed E-state index contributed by atoms with van der Waals surface area (Å²) in [6.45, 7) is 20.1. The highest BCUT2D eigenvalue weighted by Crippen LogP contribution is 2.41. The van der Waals surface area contributed by atoms with Crippen LogP contribution in [0.4, 0.5) is 0 Å². The molecule has 6 heteroatoms. The second kappa shape index (κ2) is 11.5. The van der Waals surface area contributed by atoms with Crippen LogP contribution < -0.4 is 0 Å². The molecule has 0 N–H and O–H groups in total. The number of carbonyl (C=O) groups is 1. The van der Waals surface area contributed by atoms with E-state index in [0.717, 1.165) is 6.42 Å². The van der Waals surface area contributed by atoms with E-state index in [-0.39, 0.29) is 35.6 Å². The Morgan fingerprint density at radius 2 is 1.69 bits per heavy atom. The van der Waals surface area contributed by atoms with E-state index in [1.54, 1.807) is 12.1 Å². The molecule has 35 heavy (non-hydrogen) atoms. The Balaban J connectivity index is 1.80. The van der Waals surface area contributed by atoms with Crippen molar-refractivity contribution >= 4 is 14.3 Å². The molecule has 0 bridgehead atoms. The minimum Gasteiger partial charge on any atom is -0.453 e. The summed E-state index contributed by atoms with van der Waals surface area (Å²) in [5, 5.41) is 0.0421. The van der Waals surface area contributed by atoms with Gasteiger partial charge in [-0.05, 0) is 67.8 Å². The molecule has 1 saturated heterocycles. The predicted octanol–water partition coefficient (Wildman–Crippen LogP) is 7.21. The summed E-state index contributed by atoms with van der Waals surface area (Å²) in [5.74, 6) is 1.44. The SMILES string of the molecule is CC(C)[C@@H]1CC[C@@H](C)C[C@H]1O[C@@H]1C[C@H](O[Si](C)(C)C(C)(C)C)[C@@H](OC(=O)c2ccccc2)[C@H](C)O1. The van der Waals surface area contributed by atoms with Gasteiger partial charge in [-0.1, -0.05) is 66.2 Å². The summed E-state index contributed by atoms with van der Waals surface area (Å²) < 4.78 is 26.0. The molecule has 1 aromatic carbocycles. The van der Waals surface area contributed by atoms with Crippen molar-refractivity contribution in [2.45, 2.75) is 123 Å². The van der Waals surface area contributed by atoms with E-state index >= 15 is 0 Å². The second-order valence-electron chi connectivity index (χ2n) is 12.7. The van der Waals surface area contributed by atoms with Gasteiger partial charge in [-0.25, -0.2) is 4.79 Å². The number of carbonyl (C=O) groups excluding carboxylic acids is 1. The second-order valence-corrected chi connectivity index (χ2v) is 17.4. The molecular formula is C29H48O5Si. The zero-order valence-corrected chi connectivity index (χ0v) is 24.4. The Morgan fingerprint density at radius 3 is 2.29 bits per heavy atom. The maximum Gasteiger partial charge on any atom is 0.338 e. The van der Waals surface area contributed by atoms with Gasteiger partial charge in [0.1, 0.15) is 0 Å². The van der Waals surface area contributed by atoms with Crippen molar-refractivity contribution in [3.05, 3.63) is 35.9 Å². The van der Waals surface area contributed by atoms with Gasteiger partial charge >= 0.3 is 5.97 Å². The van der Waals surface area contributed by atoms with E-state index in [1.165, 1.54) is 12.8 Å². The molecule has 0 aromatic heterocycles. The lowest BCUT2D eigenvalue weighted by atomic mass is 9.75. The molecule has 5 nitrogen and oxygen atoms in total. The van der Waals surface area contributed by atoms with Gasteiger partial charge in [0.25, 0.3) is 0 Å². The van der Waals surface area contributed by atoms with Gasteiger partial charge in [0.15, 0.2) is 20.7 Å². The van der Waals surface area contributed by atoms with Gasteiger partial charge in [-0.3, -0.25) is 0 Å². The maximum atomic E-state index is 13.0. The minimum absolute atomic E-state index is 0.0421. The standard InChI is InChI=1S/C29H48O5Si/c1-19(2)23-16-15-20(3)17-24(23)32-26-18-25(34-35(8,9)29(5,6)7)27(21(4)31-26)33-28(30)22-13-11-10-12-14-22/h10-14,19-21,23-27H,15-18H2,1-9H3/t20-,21+,23+,24-,25+,26-,27+/m1/s1. The third-order valence-electron chi connectivity index (χ3n) is 8.41. The van der Waals surface area contributed by atoms with E-state index in [1.807, 2.05) is 25.1 Å². The molecule has 1 aliphatic heterocycles. The average molecular weight is 505 g/mol. The van der Waals surface area contributed by atoms with Crippen LogP contribution in [0.3, 0.4) is 0 Å². The van der Waals surface area contributed by atoms with Crippen molar-refractivity contribution in [3.63, 3.8) is 0 Å². The van der Waals surface area contributed by atoms with Crippen LogP contribution in [0.5, 0.6) is 0 Å². The summed E-state index contributed by atoms with van der Waals surface area (Å²) >= 11 is 0. The van der Waals surface area contributed by atoms with Crippen molar-refractivity contribution in [3.8, 4) is 0 Å². The van der Waals surface area contributed by atoms with Crippen LogP contribution in [0.15, 0.2) is 30.3 Å². The normalized spacial score (nSPS) is 32.5. The van der Waals surface area contributed by atoms with Crippen LogP contribution in [0.2, 0.25) is 18.1 Å². The molecule has 0 spiro atoms. The number of benzene rings is 1. The Kier molecular flexibility index (Phi) is 9.28. The van der Waals surface area contributed by atoms with E-state index < -0.39 is 14.4 Å². The summed E-state index contributed by atoms with van der Waals surface area (Å²) in [5.41, 5.74) is 0.542. The lowest BCUT2D eigenvalue weighted by Crippen LogP contribution is -2.56. The molecule has 1 heterocycles. The Morgan fingerprint density at radius 1 is 1.03 bits per heavy atom. The number of ether oxygens (including phenoxy) is 3. The molecule has 1 aliphatic carbocycles. The molecule has 3 rings (SSSR count). The van der Waals surface area contributed by atoms with Crippen molar-refractivity contribution in [2.75, 3.05) is 0 Å². The molecule has 0 amide bonds. The maximum absolute atomic E-state index is 13.0. The first-order chi connectivity index (χ1) is 16.3. The molecular weight excluding hydrogens is 456 g/mol. The van der Waals surface area contributed by atoms with Gasteiger partial charge in [-0.2, -0.15) is 0 Å². The quantitative estimate of drug-likeness (QED) is 0.290. The molecule has 0 radical (unpaired) electrons. The molecule has 7 atom stereocenters. The Labute approximate surface area is 214 Å². The van der Waals surface area contributed by atoms with Crippen LogP contribution in [0.1, 0.15) is 84.5 Å². The van der Waals surface area contributed by atoms with E-state index in [0.29, 0.717) is 29.7 Å². The van der Waals surface area contributed by atoms with E-state index in [2.05, 4.69) is 54.6 Å². The lowest BCUT2D eigenvalue weighted by Gasteiger charge is -2.47. The molecule has 2 aliphatic rings.